The van der Waals surface area contributed by atoms with E-state index in [1.165, 1.54) is 0 Å². The van der Waals surface area contributed by atoms with Crippen LogP contribution in [-0.2, 0) is 4.74 Å². The SMILES string of the molecule is O=C(O)OC1CCNCC1Cl. The van der Waals surface area contributed by atoms with Gasteiger partial charge in [0.2, 0.25) is 0 Å². The summed E-state index contributed by atoms with van der Waals surface area (Å²) >= 11 is 5.78. The predicted molar refractivity (Wildman–Crippen MR) is 40.0 cm³/mol. The summed E-state index contributed by atoms with van der Waals surface area (Å²) in [6.45, 7) is 1.38. The fourth-order valence-corrected chi connectivity index (χ4v) is 1.35. The highest BCUT2D eigenvalue weighted by molar-refractivity contribution is 6.21. The molecule has 5 heteroatoms. The molecule has 0 amide bonds. The van der Waals surface area contributed by atoms with E-state index in [2.05, 4.69) is 10.1 Å². The van der Waals surface area contributed by atoms with Gasteiger partial charge in [-0.15, -0.1) is 11.6 Å². The van der Waals surface area contributed by atoms with Crippen molar-refractivity contribution < 1.29 is 14.6 Å². The molecule has 2 atom stereocenters. The first kappa shape index (κ1) is 8.62. The van der Waals surface area contributed by atoms with Crippen LogP contribution in [0.4, 0.5) is 4.79 Å². The lowest BCUT2D eigenvalue weighted by Gasteiger charge is -2.26. The molecule has 0 aromatic carbocycles. The summed E-state index contributed by atoms with van der Waals surface area (Å²) in [5, 5.41) is 11.1. The minimum atomic E-state index is -1.25. The molecule has 1 rings (SSSR count). The first-order chi connectivity index (χ1) is 5.20. The van der Waals surface area contributed by atoms with Gasteiger partial charge in [0.1, 0.15) is 6.10 Å². The quantitative estimate of drug-likeness (QED) is 0.459. The predicted octanol–water partition coefficient (Wildman–Crippen LogP) is 0.650. The van der Waals surface area contributed by atoms with E-state index in [1.807, 2.05) is 0 Å². The van der Waals surface area contributed by atoms with E-state index >= 15 is 0 Å². The van der Waals surface area contributed by atoms with Gasteiger partial charge < -0.3 is 15.2 Å². The minimum Gasteiger partial charge on any atom is -0.450 e. The van der Waals surface area contributed by atoms with Gasteiger partial charge in [-0.2, -0.15) is 0 Å². The van der Waals surface area contributed by atoms with Gasteiger partial charge in [-0.05, 0) is 13.0 Å². The third-order valence-electron chi connectivity index (χ3n) is 1.60. The van der Waals surface area contributed by atoms with E-state index in [0.29, 0.717) is 13.0 Å². The first-order valence-electron chi connectivity index (χ1n) is 3.44. The molecule has 0 radical (unpaired) electrons. The van der Waals surface area contributed by atoms with Gasteiger partial charge in [0.25, 0.3) is 0 Å². The van der Waals surface area contributed by atoms with Crippen LogP contribution in [0.3, 0.4) is 0 Å². The maximum absolute atomic E-state index is 10.1. The number of alkyl halides is 1. The maximum atomic E-state index is 10.1. The third-order valence-corrected chi connectivity index (χ3v) is 2.04. The van der Waals surface area contributed by atoms with Gasteiger partial charge in [0.05, 0.1) is 5.38 Å². The molecular formula is C6H10ClNO3. The Labute approximate surface area is 69.5 Å². The Morgan fingerprint density at radius 1 is 1.73 bits per heavy atom. The monoisotopic (exact) mass is 179 g/mol. The maximum Gasteiger partial charge on any atom is 0.506 e. The summed E-state index contributed by atoms with van der Waals surface area (Å²) in [7, 11) is 0. The van der Waals surface area contributed by atoms with Gasteiger partial charge >= 0.3 is 6.16 Å². The summed E-state index contributed by atoms with van der Waals surface area (Å²) in [6, 6.07) is 0. The van der Waals surface area contributed by atoms with Gasteiger partial charge in [0.15, 0.2) is 0 Å². The van der Waals surface area contributed by atoms with Crippen molar-refractivity contribution in [1.29, 1.82) is 0 Å². The van der Waals surface area contributed by atoms with E-state index in [4.69, 9.17) is 16.7 Å². The smallest absolute Gasteiger partial charge is 0.450 e. The fraction of sp³-hybridized carbons (Fsp3) is 0.833. The molecule has 1 saturated heterocycles. The van der Waals surface area contributed by atoms with Crippen LogP contribution in [0.2, 0.25) is 0 Å². The summed E-state index contributed by atoms with van der Waals surface area (Å²) < 4.78 is 4.55. The lowest BCUT2D eigenvalue weighted by atomic mass is 10.1. The van der Waals surface area contributed by atoms with Gasteiger partial charge in [-0.25, -0.2) is 4.79 Å². The topological polar surface area (TPSA) is 58.6 Å². The molecule has 4 nitrogen and oxygen atoms in total. The molecular weight excluding hydrogens is 170 g/mol. The minimum absolute atomic E-state index is 0.236. The molecule has 0 aliphatic carbocycles. The van der Waals surface area contributed by atoms with Crippen molar-refractivity contribution in [2.75, 3.05) is 13.1 Å². The molecule has 0 aromatic rings. The highest BCUT2D eigenvalue weighted by Gasteiger charge is 2.25. The molecule has 1 fully saturated rings. The number of carbonyl (C=O) groups is 1. The van der Waals surface area contributed by atoms with Crippen molar-refractivity contribution in [2.24, 2.45) is 0 Å². The fourth-order valence-electron chi connectivity index (χ4n) is 1.06. The molecule has 0 aromatic heterocycles. The summed E-state index contributed by atoms with van der Waals surface area (Å²) in [5.41, 5.74) is 0. The number of hydrogen-bond donors (Lipinski definition) is 2. The number of halogens is 1. The molecule has 1 aliphatic heterocycles. The van der Waals surface area contributed by atoms with Crippen LogP contribution in [0, 0.1) is 0 Å². The molecule has 11 heavy (non-hydrogen) atoms. The molecule has 1 heterocycles. The van der Waals surface area contributed by atoms with Gasteiger partial charge in [-0.3, -0.25) is 0 Å². The molecule has 2 N–H and O–H groups in total. The molecule has 64 valence electrons. The Morgan fingerprint density at radius 3 is 3.00 bits per heavy atom. The zero-order valence-electron chi connectivity index (χ0n) is 5.92. The Balaban J connectivity index is 2.35. The van der Waals surface area contributed by atoms with Gasteiger partial charge in [0, 0.05) is 6.54 Å². The van der Waals surface area contributed by atoms with Crippen LogP contribution in [0.15, 0.2) is 0 Å². The van der Waals surface area contributed by atoms with E-state index in [0.717, 1.165) is 6.54 Å². The first-order valence-corrected chi connectivity index (χ1v) is 3.88. The number of ether oxygens (including phenoxy) is 1. The molecule has 0 saturated carbocycles. The average Bonchev–Trinajstić information content (AvgIpc) is 1.93. The molecule has 0 bridgehead atoms. The van der Waals surface area contributed by atoms with E-state index in [9.17, 15) is 4.79 Å². The van der Waals surface area contributed by atoms with Crippen LogP contribution in [0.25, 0.3) is 0 Å². The van der Waals surface area contributed by atoms with Crippen molar-refractivity contribution in [3.8, 4) is 0 Å². The Hall–Kier alpha value is -0.480. The van der Waals surface area contributed by atoms with Crippen molar-refractivity contribution in [3.05, 3.63) is 0 Å². The highest BCUT2D eigenvalue weighted by atomic mass is 35.5. The Bertz CT molecular complexity index is 153. The zero-order chi connectivity index (χ0) is 8.27. The summed E-state index contributed by atoms with van der Waals surface area (Å²) in [5.74, 6) is 0. The summed E-state index contributed by atoms with van der Waals surface area (Å²) in [4.78, 5) is 10.1. The standard InChI is InChI=1S/C6H10ClNO3/c7-4-3-8-2-1-5(4)11-6(9)10/h4-5,8H,1-3H2,(H,9,10). The van der Waals surface area contributed by atoms with Crippen molar-refractivity contribution >= 4 is 17.8 Å². The van der Waals surface area contributed by atoms with Gasteiger partial charge in [-0.1, -0.05) is 0 Å². The zero-order valence-corrected chi connectivity index (χ0v) is 6.67. The van der Waals surface area contributed by atoms with Crippen LogP contribution in [0.5, 0.6) is 0 Å². The number of piperidine rings is 1. The normalized spacial score (nSPS) is 31.4. The second kappa shape index (κ2) is 3.78. The van der Waals surface area contributed by atoms with Crippen molar-refractivity contribution in [2.45, 2.75) is 17.9 Å². The summed E-state index contributed by atoms with van der Waals surface area (Å²) in [6.07, 6.45) is -0.946. The second-order valence-corrected chi connectivity index (χ2v) is 2.99. The Morgan fingerprint density at radius 2 is 2.45 bits per heavy atom. The third kappa shape index (κ3) is 2.55. The van der Waals surface area contributed by atoms with Crippen LogP contribution in [0.1, 0.15) is 6.42 Å². The van der Waals surface area contributed by atoms with E-state index < -0.39 is 6.16 Å². The number of carboxylic acid groups (broad SMARTS) is 1. The number of hydrogen-bond acceptors (Lipinski definition) is 3. The highest BCUT2D eigenvalue weighted by Crippen LogP contribution is 2.13. The lowest BCUT2D eigenvalue weighted by Crippen LogP contribution is -2.42. The Kier molecular flexibility index (Phi) is 2.96. The van der Waals surface area contributed by atoms with Crippen LogP contribution in [-0.4, -0.2) is 35.8 Å². The molecule has 1 aliphatic rings. The van der Waals surface area contributed by atoms with Crippen LogP contribution >= 0.6 is 11.6 Å². The largest absolute Gasteiger partial charge is 0.506 e. The van der Waals surface area contributed by atoms with E-state index in [1.54, 1.807) is 0 Å². The van der Waals surface area contributed by atoms with Crippen molar-refractivity contribution in [1.82, 2.24) is 5.32 Å². The molecule has 2 unspecified atom stereocenters. The number of nitrogens with one attached hydrogen (secondary N) is 1. The van der Waals surface area contributed by atoms with Crippen LogP contribution < -0.4 is 5.32 Å². The van der Waals surface area contributed by atoms with E-state index in [-0.39, 0.29) is 11.5 Å². The van der Waals surface area contributed by atoms with Crippen molar-refractivity contribution in [3.63, 3.8) is 0 Å². The number of rotatable bonds is 1. The lowest BCUT2D eigenvalue weighted by molar-refractivity contribution is 0.0407. The second-order valence-electron chi connectivity index (χ2n) is 2.43. The average molecular weight is 180 g/mol. The molecule has 0 spiro atoms.